The van der Waals surface area contributed by atoms with Gasteiger partial charge < -0.3 is 15.0 Å². The van der Waals surface area contributed by atoms with Gasteiger partial charge in [0, 0.05) is 38.4 Å². The van der Waals surface area contributed by atoms with Gasteiger partial charge in [-0.3, -0.25) is 9.59 Å². The molecule has 1 aliphatic rings. The van der Waals surface area contributed by atoms with E-state index in [1.807, 2.05) is 35.2 Å². The van der Waals surface area contributed by atoms with Crippen LogP contribution in [0.1, 0.15) is 45.1 Å². The third-order valence-corrected chi connectivity index (χ3v) is 4.15. The summed E-state index contributed by atoms with van der Waals surface area (Å²) in [5.41, 5.74) is 1.67. The molecule has 5 nitrogen and oxygen atoms in total. The van der Waals surface area contributed by atoms with Crippen molar-refractivity contribution in [2.45, 2.75) is 45.6 Å². The summed E-state index contributed by atoms with van der Waals surface area (Å²) in [5.74, 6) is -0.0828. The Kier molecular flexibility index (Phi) is 7.67. The van der Waals surface area contributed by atoms with E-state index in [1.54, 1.807) is 6.08 Å². The van der Waals surface area contributed by atoms with E-state index in [2.05, 4.69) is 12.2 Å². The van der Waals surface area contributed by atoms with Gasteiger partial charge in [0.1, 0.15) is 0 Å². The van der Waals surface area contributed by atoms with E-state index >= 15 is 0 Å². The minimum absolute atomic E-state index is 0.0157. The molecule has 0 aromatic heterocycles. The number of carbonyl (C=O) groups is 2. The Balaban J connectivity index is 1.93. The molecule has 1 aliphatic heterocycles. The summed E-state index contributed by atoms with van der Waals surface area (Å²) in [7, 11) is 0. The van der Waals surface area contributed by atoms with Crippen LogP contribution in [0.5, 0.6) is 0 Å². The van der Waals surface area contributed by atoms with Crippen LogP contribution < -0.4 is 5.32 Å². The summed E-state index contributed by atoms with van der Waals surface area (Å²) < 4.78 is 5.76. The third kappa shape index (κ3) is 6.70. The Morgan fingerprint density at radius 1 is 1.28 bits per heavy atom. The van der Waals surface area contributed by atoms with Crippen LogP contribution in [0.15, 0.2) is 30.3 Å². The van der Waals surface area contributed by atoms with Crippen LogP contribution in [0.2, 0.25) is 0 Å². The van der Waals surface area contributed by atoms with Gasteiger partial charge in [-0.25, -0.2) is 0 Å². The van der Waals surface area contributed by atoms with E-state index in [0.29, 0.717) is 6.54 Å². The number of hydrogen-bond donors (Lipinski definition) is 1. The largest absolute Gasteiger partial charge is 0.376 e. The molecule has 2 rings (SSSR count). The van der Waals surface area contributed by atoms with Crippen molar-refractivity contribution in [2.24, 2.45) is 0 Å². The molecule has 136 valence electrons. The Morgan fingerprint density at radius 3 is 2.64 bits per heavy atom. The number of anilines is 1. The highest BCUT2D eigenvalue weighted by Gasteiger charge is 2.19. The van der Waals surface area contributed by atoms with Crippen LogP contribution in [0.4, 0.5) is 5.69 Å². The van der Waals surface area contributed by atoms with Crippen molar-refractivity contribution >= 4 is 23.6 Å². The molecule has 1 aromatic rings. The maximum atomic E-state index is 12.5. The summed E-state index contributed by atoms with van der Waals surface area (Å²) in [6, 6.07) is 7.41. The third-order valence-electron chi connectivity index (χ3n) is 4.15. The Hall–Kier alpha value is -2.14. The first-order chi connectivity index (χ1) is 12.1. The quantitative estimate of drug-likeness (QED) is 0.771. The molecule has 2 amide bonds. The van der Waals surface area contributed by atoms with Crippen molar-refractivity contribution in [1.29, 1.82) is 0 Å². The Morgan fingerprint density at radius 2 is 2.04 bits per heavy atom. The molecule has 0 radical (unpaired) electrons. The maximum absolute atomic E-state index is 12.5. The Bertz CT molecular complexity index is 589. The SMILES string of the molecule is CCCN(CC1CCCCO1)C(=O)/C=C/c1ccc(NC(C)=O)cc1. The van der Waals surface area contributed by atoms with E-state index in [9.17, 15) is 9.59 Å². The second kappa shape index (κ2) is 9.99. The highest BCUT2D eigenvalue weighted by Crippen LogP contribution is 2.15. The second-order valence-corrected chi connectivity index (χ2v) is 6.41. The summed E-state index contributed by atoms with van der Waals surface area (Å²) in [6.45, 7) is 5.76. The zero-order valence-corrected chi connectivity index (χ0v) is 15.2. The average molecular weight is 344 g/mol. The van der Waals surface area contributed by atoms with Gasteiger partial charge in [0.05, 0.1) is 6.10 Å². The van der Waals surface area contributed by atoms with Gasteiger partial charge in [-0.1, -0.05) is 19.1 Å². The fourth-order valence-electron chi connectivity index (χ4n) is 2.91. The van der Waals surface area contributed by atoms with Gasteiger partial charge in [-0.2, -0.15) is 0 Å². The number of nitrogens with one attached hydrogen (secondary N) is 1. The summed E-state index contributed by atoms with van der Waals surface area (Å²) in [6.07, 6.45) is 7.84. The summed E-state index contributed by atoms with van der Waals surface area (Å²) >= 11 is 0. The van der Waals surface area contributed by atoms with E-state index < -0.39 is 0 Å². The van der Waals surface area contributed by atoms with Gasteiger partial charge in [0.25, 0.3) is 0 Å². The van der Waals surface area contributed by atoms with Gasteiger partial charge >= 0.3 is 0 Å². The number of carbonyl (C=O) groups excluding carboxylic acids is 2. The van der Waals surface area contributed by atoms with Crippen LogP contribution in [-0.2, 0) is 14.3 Å². The fraction of sp³-hybridized carbons (Fsp3) is 0.500. The molecule has 0 bridgehead atoms. The number of rotatable bonds is 7. The van der Waals surface area contributed by atoms with E-state index in [-0.39, 0.29) is 17.9 Å². The van der Waals surface area contributed by atoms with Crippen molar-refractivity contribution in [3.8, 4) is 0 Å². The zero-order chi connectivity index (χ0) is 18.1. The van der Waals surface area contributed by atoms with Crippen LogP contribution >= 0.6 is 0 Å². The molecule has 1 fully saturated rings. The van der Waals surface area contributed by atoms with Gasteiger partial charge in [-0.05, 0) is 49.5 Å². The van der Waals surface area contributed by atoms with E-state index in [1.165, 1.54) is 13.3 Å². The van der Waals surface area contributed by atoms with Gasteiger partial charge in [-0.15, -0.1) is 0 Å². The predicted octanol–water partition coefficient (Wildman–Crippen LogP) is 3.47. The average Bonchev–Trinajstić information content (AvgIpc) is 2.61. The number of ether oxygens (including phenoxy) is 1. The number of benzene rings is 1. The van der Waals surface area contributed by atoms with Gasteiger partial charge in [0.15, 0.2) is 0 Å². The predicted molar refractivity (Wildman–Crippen MR) is 100 cm³/mol. The van der Waals surface area contributed by atoms with Crippen molar-refractivity contribution in [1.82, 2.24) is 4.90 Å². The lowest BCUT2D eigenvalue weighted by molar-refractivity contribution is -0.128. The maximum Gasteiger partial charge on any atom is 0.246 e. The minimum Gasteiger partial charge on any atom is -0.376 e. The van der Waals surface area contributed by atoms with Crippen molar-refractivity contribution in [2.75, 3.05) is 25.0 Å². The molecular formula is C20H28N2O3. The lowest BCUT2D eigenvalue weighted by Crippen LogP contribution is -2.39. The number of nitrogens with zero attached hydrogens (tertiary/aromatic N) is 1. The summed E-state index contributed by atoms with van der Waals surface area (Å²) in [5, 5.41) is 2.73. The van der Waals surface area contributed by atoms with Crippen LogP contribution in [-0.4, -0.2) is 42.5 Å². The number of hydrogen-bond acceptors (Lipinski definition) is 3. The molecule has 0 spiro atoms. The molecule has 0 aliphatic carbocycles. The monoisotopic (exact) mass is 344 g/mol. The highest BCUT2D eigenvalue weighted by atomic mass is 16.5. The standard InChI is InChI=1S/C20H28N2O3/c1-3-13-22(15-19-6-4-5-14-25-19)20(24)12-9-17-7-10-18(11-8-17)21-16(2)23/h7-12,19H,3-6,13-15H2,1-2H3,(H,21,23)/b12-9+. The van der Waals surface area contributed by atoms with Gasteiger partial charge in [0.2, 0.25) is 11.8 Å². The van der Waals surface area contributed by atoms with Crippen LogP contribution in [0.3, 0.4) is 0 Å². The molecule has 1 atom stereocenters. The Labute approximate surface area is 150 Å². The van der Waals surface area contributed by atoms with Crippen molar-refractivity contribution < 1.29 is 14.3 Å². The molecule has 1 heterocycles. The molecule has 1 N–H and O–H groups in total. The molecular weight excluding hydrogens is 316 g/mol. The normalized spacial score (nSPS) is 17.4. The van der Waals surface area contributed by atoms with Crippen molar-refractivity contribution in [3.63, 3.8) is 0 Å². The topological polar surface area (TPSA) is 58.6 Å². The minimum atomic E-state index is -0.0985. The first kappa shape index (κ1) is 19.2. The summed E-state index contributed by atoms with van der Waals surface area (Å²) in [4.78, 5) is 25.4. The lowest BCUT2D eigenvalue weighted by atomic mass is 10.1. The molecule has 0 saturated carbocycles. The zero-order valence-electron chi connectivity index (χ0n) is 15.2. The first-order valence-corrected chi connectivity index (χ1v) is 9.04. The smallest absolute Gasteiger partial charge is 0.246 e. The molecule has 5 heteroatoms. The highest BCUT2D eigenvalue weighted by molar-refractivity contribution is 5.92. The first-order valence-electron chi connectivity index (χ1n) is 9.04. The molecule has 25 heavy (non-hydrogen) atoms. The lowest BCUT2D eigenvalue weighted by Gasteiger charge is -2.29. The fourth-order valence-corrected chi connectivity index (χ4v) is 2.91. The molecule has 1 saturated heterocycles. The van der Waals surface area contributed by atoms with Crippen molar-refractivity contribution in [3.05, 3.63) is 35.9 Å². The molecule has 1 unspecified atom stereocenters. The second-order valence-electron chi connectivity index (χ2n) is 6.41. The van der Waals surface area contributed by atoms with E-state index in [0.717, 1.165) is 43.7 Å². The van der Waals surface area contributed by atoms with Crippen LogP contribution in [0.25, 0.3) is 6.08 Å². The number of amides is 2. The van der Waals surface area contributed by atoms with Crippen LogP contribution in [0, 0.1) is 0 Å². The van der Waals surface area contributed by atoms with E-state index in [4.69, 9.17) is 4.74 Å². The molecule has 1 aromatic carbocycles.